The number of urea groups is 1. The van der Waals surface area contributed by atoms with E-state index in [1.54, 1.807) is 26.0 Å². The third-order valence-corrected chi connectivity index (χ3v) is 6.65. The van der Waals surface area contributed by atoms with Gasteiger partial charge in [0.15, 0.2) is 0 Å². The number of carbonyl (C=O) groups is 1. The van der Waals surface area contributed by atoms with Crippen molar-refractivity contribution in [3.05, 3.63) is 64.2 Å². The summed E-state index contributed by atoms with van der Waals surface area (Å²) >= 11 is 0. The number of aromatic hydroxyl groups is 1. The van der Waals surface area contributed by atoms with Crippen molar-refractivity contribution in [3.8, 4) is 5.75 Å². The van der Waals surface area contributed by atoms with Crippen LogP contribution in [0.25, 0.3) is 0 Å². The molecule has 5 atom stereocenters. The highest BCUT2D eigenvalue weighted by atomic mass is 16.5. The Morgan fingerprint density at radius 2 is 1.65 bits per heavy atom. The van der Waals surface area contributed by atoms with E-state index < -0.39 is 42.7 Å². The minimum Gasteiger partial charge on any atom is -0.508 e. The predicted molar refractivity (Wildman–Crippen MR) is 136 cm³/mol. The van der Waals surface area contributed by atoms with Crippen LogP contribution in [-0.4, -0.2) is 86.4 Å². The fraction of sp³-hybridized carbons (Fsp3) is 0.519. The minimum atomic E-state index is -1.53. The Labute approximate surface area is 216 Å². The van der Waals surface area contributed by atoms with Crippen molar-refractivity contribution in [2.45, 2.75) is 69.7 Å². The molecule has 3 rings (SSSR count). The Morgan fingerprint density at radius 3 is 2.27 bits per heavy atom. The SMILES string of the molecule is Cc1cc(O)c(C2OC(CO)C(O)C(O)C2O)cc1Cc1ccc(CCNC(=O)NC(C)(C)CO)cc1. The van der Waals surface area contributed by atoms with Gasteiger partial charge < -0.3 is 46.0 Å². The molecule has 0 spiro atoms. The second-order valence-corrected chi connectivity index (χ2v) is 10.3. The minimum absolute atomic E-state index is 0.111. The second-order valence-electron chi connectivity index (χ2n) is 10.3. The van der Waals surface area contributed by atoms with Crippen LogP contribution in [0.5, 0.6) is 5.75 Å². The van der Waals surface area contributed by atoms with Crippen LogP contribution in [0, 0.1) is 6.92 Å². The normalized spacial score (nSPS) is 24.1. The lowest BCUT2D eigenvalue weighted by molar-refractivity contribution is -0.232. The zero-order valence-corrected chi connectivity index (χ0v) is 21.4. The lowest BCUT2D eigenvalue weighted by atomic mass is 9.88. The fourth-order valence-corrected chi connectivity index (χ4v) is 4.29. The maximum atomic E-state index is 11.9. The molecule has 1 saturated heterocycles. The molecule has 2 aromatic rings. The lowest BCUT2D eigenvalue weighted by Crippen LogP contribution is -2.55. The number of rotatable bonds is 9. The van der Waals surface area contributed by atoms with Crippen LogP contribution in [0.1, 0.15) is 47.8 Å². The highest BCUT2D eigenvalue weighted by molar-refractivity contribution is 5.74. The molecule has 1 aliphatic heterocycles. The lowest BCUT2D eigenvalue weighted by Gasteiger charge is -2.40. The van der Waals surface area contributed by atoms with Crippen LogP contribution >= 0.6 is 0 Å². The first-order valence-electron chi connectivity index (χ1n) is 12.3. The molecule has 0 aromatic heterocycles. The van der Waals surface area contributed by atoms with E-state index in [2.05, 4.69) is 10.6 Å². The van der Waals surface area contributed by atoms with Gasteiger partial charge in [-0.1, -0.05) is 24.3 Å². The van der Waals surface area contributed by atoms with Crippen LogP contribution in [0.3, 0.4) is 0 Å². The van der Waals surface area contributed by atoms with Crippen LogP contribution in [0.4, 0.5) is 4.79 Å². The Hall–Kier alpha value is -2.73. The molecule has 0 saturated carbocycles. The van der Waals surface area contributed by atoms with E-state index in [-0.39, 0.29) is 24.0 Å². The summed E-state index contributed by atoms with van der Waals surface area (Å²) in [5, 5.41) is 65.4. The third-order valence-electron chi connectivity index (χ3n) is 6.65. The number of carbonyl (C=O) groups excluding carboxylic acids is 1. The number of aliphatic hydroxyl groups is 5. The fourth-order valence-electron chi connectivity index (χ4n) is 4.29. The number of ether oxygens (including phenoxy) is 1. The van der Waals surface area contributed by atoms with E-state index in [4.69, 9.17) is 4.74 Å². The second kappa shape index (κ2) is 12.2. The third kappa shape index (κ3) is 7.19. The summed E-state index contributed by atoms with van der Waals surface area (Å²) in [5.41, 5.74) is 3.32. The molecule has 2 aromatic carbocycles. The van der Waals surface area contributed by atoms with Crippen molar-refractivity contribution >= 4 is 6.03 Å². The number of amides is 2. The Morgan fingerprint density at radius 1 is 1.00 bits per heavy atom. The monoisotopic (exact) mass is 518 g/mol. The van der Waals surface area contributed by atoms with Crippen LogP contribution in [-0.2, 0) is 17.6 Å². The van der Waals surface area contributed by atoms with Gasteiger partial charge in [-0.05, 0) is 68.0 Å². The maximum Gasteiger partial charge on any atom is 0.315 e. The van der Waals surface area contributed by atoms with Crippen molar-refractivity contribution in [3.63, 3.8) is 0 Å². The highest BCUT2D eigenvalue weighted by Gasteiger charge is 2.44. The van der Waals surface area contributed by atoms with Crippen molar-refractivity contribution < 1.29 is 40.2 Å². The van der Waals surface area contributed by atoms with Gasteiger partial charge in [-0.3, -0.25) is 0 Å². The number of nitrogens with one attached hydrogen (secondary N) is 2. The maximum absolute atomic E-state index is 11.9. The molecule has 10 nitrogen and oxygen atoms in total. The number of aliphatic hydroxyl groups excluding tert-OH is 5. The van der Waals surface area contributed by atoms with E-state index in [9.17, 15) is 35.4 Å². The van der Waals surface area contributed by atoms with E-state index in [1.165, 1.54) is 0 Å². The molecule has 2 amide bonds. The zero-order chi connectivity index (χ0) is 27.3. The molecule has 1 heterocycles. The van der Waals surface area contributed by atoms with Gasteiger partial charge in [-0.25, -0.2) is 4.79 Å². The van der Waals surface area contributed by atoms with Gasteiger partial charge in [0.2, 0.25) is 0 Å². The Balaban J connectivity index is 1.66. The summed E-state index contributed by atoms with van der Waals surface area (Å²) in [5.74, 6) is -0.111. The topological polar surface area (TPSA) is 172 Å². The molecular formula is C27H38N2O8. The molecule has 8 N–H and O–H groups in total. The summed E-state index contributed by atoms with van der Waals surface area (Å²) in [6, 6.07) is 10.8. The van der Waals surface area contributed by atoms with Gasteiger partial charge in [-0.15, -0.1) is 0 Å². The summed E-state index contributed by atoms with van der Waals surface area (Å²) in [4.78, 5) is 11.9. The molecule has 0 radical (unpaired) electrons. The van der Waals surface area contributed by atoms with Crippen LogP contribution in [0.15, 0.2) is 36.4 Å². The van der Waals surface area contributed by atoms with Crippen LogP contribution in [0.2, 0.25) is 0 Å². The average molecular weight is 519 g/mol. The van der Waals surface area contributed by atoms with E-state index >= 15 is 0 Å². The van der Waals surface area contributed by atoms with Gasteiger partial charge in [0.05, 0.1) is 18.8 Å². The van der Waals surface area contributed by atoms with Gasteiger partial charge in [0.1, 0.15) is 36.3 Å². The van der Waals surface area contributed by atoms with Crippen molar-refractivity contribution in [2.75, 3.05) is 19.8 Å². The Bertz CT molecular complexity index is 1060. The van der Waals surface area contributed by atoms with E-state index in [0.717, 1.165) is 22.3 Å². The number of aryl methyl sites for hydroxylation is 1. The van der Waals surface area contributed by atoms with Gasteiger partial charge in [0.25, 0.3) is 0 Å². The van der Waals surface area contributed by atoms with E-state index in [1.807, 2.05) is 31.2 Å². The first-order chi connectivity index (χ1) is 17.5. The largest absolute Gasteiger partial charge is 0.508 e. The molecule has 10 heteroatoms. The molecular weight excluding hydrogens is 480 g/mol. The quantitative estimate of drug-likeness (QED) is 0.236. The molecule has 204 valence electrons. The van der Waals surface area contributed by atoms with Crippen molar-refractivity contribution in [1.82, 2.24) is 10.6 Å². The molecule has 0 bridgehead atoms. The molecule has 1 fully saturated rings. The average Bonchev–Trinajstić information content (AvgIpc) is 2.85. The van der Waals surface area contributed by atoms with Crippen molar-refractivity contribution in [1.29, 1.82) is 0 Å². The summed E-state index contributed by atoms with van der Waals surface area (Å²) < 4.78 is 5.63. The summed E-state index contributed by atoms with van der Waals surface area (Å²) in [6.45, 7) is 5.05. The number of phenolic OH excluding ortho intramolecular Hbond substituents is 1. The van der Waals surface area contributed by atoms with Gasteiger partial charge in [0, 0.05) is 12.1 Å². The molecule has 37 heavy (non-hydrogen) atoms. The smallest absolute Gasteiger partial charge is 0.315 e. The first-order valence-corrected chi connectivity index (χ1v) is 12.3. The summed E-state index contributed by atoms with van der Waals surface area (Å²) in [7, 11) is 0. The van der Waals surface area contributed by atoms with Crippen molar-refractivity contribution in [2.24, 2.45) is 0 Å². The standard InChI is InChI=1S/C27H38N2O8/c1-15-10-20(32)19(25-24(35)23(34)22(33)21(13-30)37-25)12-18(15)11-17-6-4-16(5-7-17)8-9-28-26(36)29-27(2,3)14-31/h4-7,10,12,21-25,30-35H,8-9,11,13-14H2,1-3H3,(H2,28,29,36). The van der Waals surface area contributed by atoms with E-state index in [0.29, 0.717) is 19.4 Å². The first kappa shape index (κ1) is 28.8. The van der Waals surface area contributed by atoms with Crippen LogP contribution < -0.4 is 10.6 Å². The number of hydrogen-bond donors (Lipinski definition) is 8. The van der Waals surface area contributed by atoms with Gasteiger partial charge in [-0.2, -0.15) is 0 Å². The summed E-state index contributed by atoms with van der Waals surface area (Å²) in [6.07, 6.45) is -5.51. The predicted octanol–water partition coefficient (Wildman–Crippen LogP) is 0.419. The molecule has 1 aliphatic rings. The zero-order valence-electron chi connectivity index (χ0n) is 21.4. The number of benzene rings is 2. The molecule has 0 aliphatic carbocycles. The number of phenols is 1. The Kier molecular flexibility index (Phi) is 9.51. The van der Waals surface area contributed by atoms with Gasteiger partial charge >= 0.3 is 6.03 Å². The number of hydrogen-bond acceptors (Lipinski definition) is 8. The highest BCUT2D eigenvalue weighted by Crippen LogP contribution is 2.38. The molecule has 5 unspecified atom stereocenters.